The highest BCUT2D eigenvalue weighted by Gasteiger charge is 2.15. The SMILES string of the molecule is Cc1cc(-c2ccc(-c3ccc(CO)c(S(C)(=O)=O)c3)cc2)n(CC(C)C)n1. The Bertz CT molecular complexity index is 1080. The van der Waals surface area contributed by atoms with Crippen LogP contribution in [0, 0.1) is 12.8 Å². The molecule has 0 atom stereocenters. The van der Waals surface area contributed by atoms with E-state index in [9.17, 15) is 13.5 Å². The van der Waals surface area contributed by atoms with E-state index in [1.54, 1.807) is 12.1 Å². The zero-order valence-corrected chi connectivity index (χ0v) is 17.5. The summed E-state index contributed by atoms with van der Waals surface area (Å²) in [6, 6.07) is 15.2. The lowest BCUT2D eigenvalue weighted by molar-refractivity contribution is 0.278. The Balaban J connectivity index is 1.98. The number of benzene rings is 2. The second-order valence-electron chi connectivity index (χ2n) is 7.58. The molecule has 0 spiro atoms. The summed E-state index contributed by atoms with van der Waals surface area (Å²) in [5.41, 5.74) is 5.26. The molecule has 0 aliphatic heterocycles. The van der Waals surface area contributed by atoms with E-state index in [4.69, 9.17) is 0 Å². The van der Waals surface area contributed by atoms with Crippen molar-refractivity contribution >= 4 is 9.84 Å². The molecule has 6 heteroatoms. The van der Waals surface area contributed by atoms with Crippen LogP contribution < -0.4 is 0 Å². The fourth-order valence-electron chi connectivity index (χ4n) is 3.31. The maximum absolute atomic E-state index is 12.0. The Hall–Kier alpha value is -2.44. The summed E-state index contributed by atoms with van der Waals surface area (Å²) in [5.74, 6) is 0.497. The molecule has 0 unspecified atom stereocenters. The smallest absolute Gasteiger partial charge is 0.175 e. The number of aliphatic hydroxyl groups excluding tert-OH is 1. The van der Waals surface area contributed by atoms with E-state index in [-0.39, 0.29) is 11.5 Å². The van der Waals surface area contributed by atoms with Gasteiger partial charge in [0.05, 0.1) is 22.9 Å². The van der Waals surface area contributed by atoms with Crippen molar-refractivity contribution in [3.8, 4) is 22.4 Å². The number of hydrogen-bond donors (Lipinski definition) is 1. The van der Waals surface area contributed by atoms with Crippen molar-refractivity contribution in [1.82, 2.24) is 9.78 Å². The Kier molecular flexibility index (Phi) is 5.72. The molecule has 0 saturated carbocycles. The van der Waals surface area contributed by atoms with Crippen LogP contribution in [0.3, 0.4) is 0 Å². The van der Waals surface area contributed by atoms with Gasteiger partial charge in [0.1, 0.15) is 0 Å². The van der Waals surface area contributed by atoms with Crippen molar-refractivity contribution in [2.24, 2.45) is 5.92 Å². The summed E-state index contributed by atoms with van der Waals surface area (Å²) in [7, 11) is -3.41. The average Bonchev–Trinajstić information content (AvgIpc) is 3.00. The van der Waals surface area contributed by atoms with Gasteiger partial charge in [0.15, 0.2) is 9.84 Å². The molecule has 148 valence electrons. The van der Waals surface area contributed by atoms with E-state index in [1.807, 2.05) is 41.9 Å². The predicted molar refractivity (Wildman–Crippen MR) is 112 cm³/mol. The molecule has 28 heavy (non-hydrogen) atoms. The van der Waals surface area contributed by atoms with Crippen molar-refractivity contribution in [3.05, 3.63) is 59.8 Å². The molecule has 1 N–H and O–H groups in total. The van der Waals surface area contributed by atoms with E-state index >= 15 is 0 Å². The van der Waals surface area contributed by atoms with Gasteiger partial charge in [0.25, 0.3) is 0 Å². The Morgan fingerprint density at radius 1 is 1.00 bits per heavy atom. The van der Waals surface area contributed by atoms with Gasteiger partial charge in [0, 0.05) is 12.8 Å². The first-order valence-electron chi connectivity index (χ1n) is 9.28. The van der Waals surface area contributed by atoms with Crippen LogP contribution in [0.15, 0.2) is 53.4 Å². The van der Waals surface area contributed by atoms with Gasteiger partial charge in [0.2, 0.25) is 0 Å². The molecule has 0 aliphatic carbocycles. The molecule has 3 aromatic rings. The van der Waals surface area contributed by atoms with Crippen molar-refractivity contribution in [1.29, 1.82) is 0 Å². The summed E-state index contributed by atoms with van der Waals surface area (Å²) >= 11 is 0. The molecule has 5 nitrogen and oxygen atoms in total. The van der Waals surface area contributed by atoms with Crippen LogP contribution in [0.5, 0.6) is 0 Å². The number of hydrogen-bond acceptors (Lipinski definition) is 4. The van der Waals surface area contributed by atoms with Crippen LogP contribution >= 0.6 is 0 Å². The Morgan fingerprint density at radius 3 is 2.18 bits per heavy atom. The second kappa shape index (κ2) is 7.89. The molecule has 2 aromatic carbocycles. The van der Waals surface area contributed by atoms with Gasteiger partial charge >= 0.3 is 0 Å². The summed E-state index contributed by atoms with van der Waals surface area (Å²) in [6.45, 7) is 6.87. The quantitative estimate of drug-likeness (QED) is 0.679. The molecular formula is C22H26N2O3S. The lowest BCUT2D eigenvalue weighted by Gasteiger charge is -2.12. The molecule has 0 aliphatic rings. The number of nitrogens with zero attached hydrogens (tertiary/aromatic N) is 2. The molecule has 1 aromatic heterocycles. The first-order valence-corrected chi connectivity index (χ1v) is 11.2. The minimum Gasteiger partial charge on any atom is -0.392 e. The molecule has 3 rings (SSSR count). The van der Waals surface area contributed by atoms with Crippen LogP contribution in [0.1, 0.15) is 25.1 Å². The Morgan fingerprint density at radius 2 is 1.61 bits per heavy atom. The molecule has 0 amide bonds. The highest BCUT2D eigenvalue weighted by molar-refractivity contribution is 7.90. The van der Waals surface area contributed by atoms with Gasteiger partial charge < -0.3 is 5.11 Å². The molecule has 0 bridgehead atoms. The van der Waals surface area contributed by atoms with Crippen LogP contribution in [0.2, 0.25) is 0 Å². The highest BCUT2D eigenvalue weighted by Crippen LogP contribution is 2.29. The fourth-order valence-corrected chi connectivity index (χ4v) is 4.26. The maximum atomic E-state index is 12.0. The van der Waals surface area contributed by atoms with E-state index < -0.39 is 9.84 Å². The van der Waals surface area contributed by atoms with E-state index in [0.717, 1.165) is 40.9 Å². The monoisotopic (exact) mass is 398 g/mol. The van der Waals surface area contributed by atoms with Gasteiger partial charge in [-0.2, -0.15) is 5.10 Å². The summed E-state index contributed by atoms with van der Waals surface area (Å²) in [6.07, 6.45) is 1.16. The van der Waals surface area contributed by atoms with Crippen LogP contribution in [0.4, 0.5) is 0 Å². The van der Waals surface area contributed by atoms with Crippen molar-refractivity contribution in [2.45, 2.75) is 38.8 Å². The summed E-state index contributed by atoms with van der Waals surface area (Å²) < 4.78 is 26.1. The first kappa shape index (κ1) is 20.3. The number of sulfone groups is 1. The third kappa shape index (κ3) is 4.34. The van der Waals surface area contributed by atoms with Gasteiger partial charge in [-0.1, -0.05) is 50.2 Å². The average molecular weight is 399 g/mol. The zero-order valence-electron chi connectivity index (χ0n) is 16.7. The third-order valence-electron chi connectivity index (χ3n) is 4.59. The summed E-state index contributed by atoms with van der Waals surface area (Å²) in [4.78, 5) is 0.169. The number of aliphatic hydroxyl groups is 1. The second-order valence-corrected chi connectivity index (χ2v) is 9.56. The number of aromatic nitrogens is 2. The Labute approximate surface area is 166 Å². The molecule has 1 heterocycles. The lowest BCUT2D eigenvalue weighted by atomic mass is 10.0. The van der Waals surface area contributed by atoms with Gasteiger partial charge in [-0.05, 0) is 47.2 Å². The topological polar surface area (TPSA) is 72.2 Å². The normalized spacial score (nSPS) is 11.9. The van der Waals surface area contributed by atoms with E-state index in [1.165, 1.54) is 0 Å². The number of rotatable bonds is 6. The molecule has 0 saturated heterocycles. The zero-order chi connectivity index (χ0) is 20.5. The van der Waals surface area contributed by atoms with Crippen LogP contribution in [0.25, 0.3) is 22.4 Å². The third-order valence-corrected chi connectivity index (χ3v) is 5.77. The van der Waals surface area contributed by atoms with Crippen LogP contribution in [-0.4, -0.2) is 29.6 Å². The lowest BCUT2D eigenvalue weighted by Crippen LogP contribution is -2.07. The van der Waals surface area contributed by atoms with Gasteiger partial charge in [-0.3, -0.25) is 4.68 Å². The highest BCUT2D eigenvalue weighted by atomic mass is 32.2. The maximum Gasteiger partial charge on any atom is 0.175 e. The predicted octanol–water partition coefficient (Wildman–Crippen LogP) is 4.08. The van der Waals surface area contributed by atoms with E-state index in [0.29, 0.717) is 11.5 Å². The van der Waals surface area contributed by atoms with Crippen LogP contribution in [-0.2, 0) is 23.0 Å². The van der Waals surface area contributed by atoms with E-state index in [2.05, 4.69) is 25.0 Å². The van der Waals surface area contributed by atoms with Crippen molar-refractivity contribution in [3.63, 3.8) is 0 Å². The van der Waals surface area contributed by atoms with Gasteiger partial charge in [-0.25, -0.2) is 8.42 Å². The van der Waals surface area contributed by atoms with Crippen molar-refractivity contribution in [2.75, 3.05) is 6.26 Å². The molecular weight excluding hydrogens is 372 g/mol. The first-order chi connectivity index (χ1) is 13.2. The van der Waals surface area contributed by atoms with Crippen molar-refractivity contribution < 1.29 is 13.5 Å². The fraction of sp³-hybridized carbons (Fsp3) is 0.318. The minimum absolute atomic E-state index is 0.169. The molecule has 0 fully saturated rings. The molecule has 0 radical (unpaired) electrons. The van der Waals surface area contributed by atoms with Gasteiger partial charge in [-0.15, -0.1) is 0 Å². The largest absolute Gasteiger partial charge is 0.392 e. The number of aryl methyl sites for hydroxylation is 1. The summed E-state index contributed by atoms with van der Waals surface area (Å²) in [5, 5.41) is 14.0. The standard InChI is InChI=1S/C22H26N2O3S/c1-15(2)13-24-21(11-16(3)23-24)18-7-5-17(6-8-18)19-9-10-20(14-25)22(12-19)28(4,26)27/h5-12,15,25H,13-14H2,1-4H3. The minimum atomic E-state index is -3.41.